The molecule has 0 unspecified atom stereocenters. The SMILES string of the molecule is Cc1ccc(N2C(=S)N[C@@H](c3ccccn3)[C@H]2c2cc(C)n(C3CCCCC3)c2C)cc1. The van der Waals surface area contributed by atoms with Gasteiger partial charge in [-0.05, 0) is 81.7 Å². The van der Waals surface area contributed by atoms with Gasteiger partial charge in [0.15, 0.2) is 5.11 Å². The molecule has 1 saturated carbocycles. The Labute approximate surface area is 196 Å². The van der Waals surface area contributed by atoms with Crippen molar-refractivity contribution in [2.24, 2.45) is 0 Å². The van der Waals surface area contributed by atoms with E-state index in [2.05, 4.69) is 78.0 Å². The fourth-order valence-corrected chi connectivity index (χ4v) is 6.00. The Morgan fingerprint density at radius 2 is 1.72 bits per heavy atom. The van der Waals surface area contributed by atoms with Crippen LogP contribution in [0.3, 0.4) is 0 Å². The van der Waals surface area contributed by atoms with Gasteiger partial charge < -0.3 is 14.8 Å². The lowest BCUT2D eigenvalue weighted by Crippen LogP contribution is -2.29. The Bertz CT molecular complexity index is 1100. The molecule has 2 aromatic heterocycles. The highest BCUT2D eigenvalue weighted by atomic mass is 32.1. The van der Waals surface area contributed by atoms with Gasteiger partial charge in [-0.15, -0.1) is 0 Å². The van der Waals surface area contributed by atoms with Crippen molar-refractivity contribution in [3.8, 4) is 0 Å². The molecule has 1 aliphatic heterocycles. The zero-order chi connectivity index (χ0) is 22.2. The topological polar surface area (TPSA) is 33.1 Å². The quantitative estimate of drug-likeness (QED) is 0.466. The molecule has 2 fully saturated rings. The summed E-state index contributed by atoms with van der Waals surface area (Å²) < 4.78 is 2.60. The van der Waals surface area contributed by atoms with Gasteiger partial charge in [0.05, 0.1) is 17.8 Å². The van der Waals surface area contributed by atoms with Gasteiger partial charge in [-0.2, -0.15) is 0 Å². The van der Waals surface area contributed by atoms with E-state index in [0.717, 1.165) is 16.5 Å². The Hall–Kier alpha value is -2.66. The molecule has 5 heteroatoms. The van der Waals surface area contributed by atoms with Crippen LogP contribution in [0.2, 0.25) is 0 Å². The minimum Gasteiger partial charge on any atom is -0.351 e. The number of aromatic nitrogens is 2. The molecule has 2 aliphatic rings. The summed E-state index contributed by atoms with van der Waals surface area (Å²) >= 11 is 5.90. The number of benzene rings is 1. The smallest absolute Gasteiger partial charge is 0.174 e. The summed E-state index contributed by atoms with van der Waals surface area (Å²) in [4.78, 5) is 7.00. The van der Waals surface area contributed by atoms with Crippen LogP contribution in [0, 0.1) is 20.8 Å². The largest absolute Gasteiger partial charge is 0.351 e. The second-order valence-corrected chi connectivity index (χ2v) is 9.71. The highest BCUT2D eigenvalue weighted by molar-refractivity contribution is 7.80. The Kier molecular flexibility index (Phi) is 5.76. The minimum atomic E-state index is 0.00492. The number of nitrogens with zero attached hydrogens (tertiary/aromatic N) is 3. The molecule has 2 atom stereocenters. The van der Waals surface area contributed by atoms with Crippen molar-refractivity contribution in [3.05, 3.63) is 82.9 Å². The van der Waals surface area contributed by atoms with Crippen molar-refractivity contribution in [2.75, 3.05) is 4.90 Å². The maximum absolute atomic E-state index is 5.90. The summed E-state index contributed by atoms with van der Waals surface area (Å²) in [5.41, 5.74) is 7.46. The Morgan fingerprint density at radius 3 is 2.41 bits per heavy atom. The monoisotopic (exact) mass is 444 g/mol. The highest BCUT2D eigenvalue weighted by Gasteiger charge is 2.42. The van der Waals surface area contributed by atoms with Crippen LogP contribution in [0.15, 0.2) is 54.7 Å². The average molecular weight is 445 g/mol. The van der Waals surface area contributed by atoms with E-state index >= 15 is 0 Å². The number of pyridine rings is 1. The van der Waals surface area contributed by atoms with Crippen LogP contribution in [-0.2, 0) is 0 Å². The molecule has 0 bridgehead atoms. The molecule has 166 valence electrons. The van der Waals surface area contributed by atoms with E-state index in [1.54, 1.807) is 0 Å². The molecule has 0 spiro atoms. The lowest BCUT2D eigenvalue weighted by molar-refractivity contribution is 0.345. The summed E-state index contributed by atoms with van der Waals surface area (Å²) in [6.07, 6.45) is 8.46. The fourth-order valence-electron chi connectivity index (χ4n) is 5.66. The van der Waals surface area contributed by atoms with Gasteiger partial charge >= 0.3 is 0 Å². The van der Waals surface area contributed by atoms with Gasteiger partial charge in [-0.3, -0.25) is 4.98 Å². The standard InChI is InChI=1S/C27H32N4S/c1-18-12-14-22(15-13-18)31-26(25(29-27(31)32)24-11-7-8-16-28-24)23-17-19(2)30(20(23)3)21-9-5-4-6-10-21/h7-8,11-17,21,25-26H,4-6,9-10H2,1-3H3,(H,29,32)/t25-,26+/m0/s1. The van der Waals surface area contributed by atoms with Crippen LogP contribution in [0.25, 0.3) is 0 Å². The van der Waals surface area contributed by atoms with Crippen molar-refractivity contribution < 1.29 is 0 Å². The lowest BCUT2D eigenvalue weighted by atomic mass is 9.94. The fraction of sp³-hybridized carbons (Fsp3) is 0.407. The van der Waals surface area contributed by atoms with E-state index in [1.165, 1.54) is 54.6 Å². The van der Waals surface area contributed by atoms with Gasteiger partial charge in [0, 0.05) is 29.3 Å². The van der Waals surface area contributed by atoms with Gasteiger partial charge in [0.25, 0.3) is 0 Å². The van der Waals surface area contributed by atoms with Crippen LogP contribution in [0.5, 0.6) is 0 Å². The molecule has 4 nitrogen and oxygen atoms in total. The highest BCUT2D eigenvalue weighted by Crippen LogP contribution is 2.44. The summed E-state index contributed by atoms with van der Waals surface area (Å²) in [7, 11) is 0. The van der Waals surface area contributed by atoms with Crippen LogP contribution >= 0.6 is 12.2 Å². The molecule has 0 radical (unpaired) electrons. The number of aryl methyl sites for hydroxylation is 2. The van der Waals surface area contributed by atoms with Crippen molar-refractivity contribution in [3.63, 3.8) is 0 Å². The van der Waals surface area contributed by atoms with E-state index in [0.29, 0.717) is 6.04 Å². The van der Waals surface area contributed by atoms with Crippen molar-refractivity contribution in [2.45, 2.75) is 71.0 Å². The first-order chi connectivity index (χ1) is 15.5. The third-order valence-corrected chi connectivity index (χ3v) is 7.51. The van der Waals surface area contributed by atoms with Gasteiger partial charge in [-0.1, -0.05) is 43.0 Å². The Morgan fingerprint density at radius 1 is 0.969 bits per heavy atom. The second kappa shape index (κ2) is 8.70. The number of thiocarbonyl (C=S) groups is 1. The number of rotatable bonds is 4. The van der Waals surface area contributed by atoms with E-state index < -0.39 is 0 Å². The predicted molar refractivity (Wildman–Crippen MR) is 135 cm³/mol. The molecule has 1 aliphatic carbocycles. The molecule has 3 aromatic rings. The summed E-state index contributed by atoms with van der Waals surface area (Å²) in [5, 5.41) is 4.36. The normalized spacial score (nSPS) is 21.7. The molecule has 1 aromatic carbocycles. The average Bonchev–Trinajstić information content (AvgIpc) is 3.31. The molecule has 5 rings (SSSR count). The van der Waals surface area contributed by atoms with Crippen molar-refractivity contribution >= 4 is 23.0 Å². The first-order valence-electron chi connectivity index (χ1n) is 11.8. The van der Waals surface area contributed by atoms with E-state index in [9.17, 15) is 0 Å². The van der Waals surface area contributed by atoms with E-state index in [1.807, 2.05) is 12.3 Å². The second-order valence-electron chi connectivity index (χ2n) is 9.32. The summed E-state index contributed by atoms with van der Waals surface area (Å²) in [6.45, 7) is 6.68. The van der Waals surface area contributed by atoms with Crippen LogP contribution in [0.4, 0.5) is 5.69 Å². The molecular weight excluding hydrogens is 412 g/mol. The maximum atomic E-state index is 5.90. The zero-order valence-corrected chi connectivity index (χ0v) is 20.0. The maximum Gasteiger partial charge on any atom is 0.174 e. The van der Waals surface area contributed by atoms with Crippen LogP contribution in [0.1, 0.15) is 78.4 Å². The number of hydrogen-bond donors (Lipinski definition) is 1. The van der Waals surface area contributed by atoms with E-state index in [4.69, 9.17) is 17.2 Å². The van der Waals surface area contributed by atoms with Crippen molar-refractivity contribution in [1.29, 1.82) is 0 Å². The Balaban J connectivity index is 1.62. The molecule has 1 saturated heterocycles. The first kappa shape index (κ1) is 21.2. The molecule has 32 heavy (non-hydrogen) atoms. The van der Waals surface area contributed by atoms with Crippen LogP contribution < -0.4 is 10.2 Å². The first-order valence-corrected chi connectivity index (χ1v) is 12.2. The van der Waals surface area contributed by atoms with Gasteiger partial charge in [0.1, 0.15) is 0 Å². The van der Waals surface area contributed by atoms with Crippen molar-refractivity contribution in [1.82, 2.24) is 14.9 Å². The predicted octanol–water partition coefficient (Wildman–Crippen LogP) is 6.49. The van der Waals surface area contributed by atoms with E-state index in [-0.39, 0.29) is 12.1 Å². The van der Waals surface area contributed by atoms with Gasteiger partial charge in [-0.25, -0.2) is 0 Å². The summed E-state index contributed by atoms with van der Waals surface area (Å²) in [6, 6.07) is 17.9. The molecule has 3 heterocycles. The summed E-state index contributed by atoms with van der Waals surface area (Å²) in [5.74, 6) is 0. The zero-order valence-electron chi connectivity index (χ0n) is 19.2. The molecule has 1 N–H and O–H groups in total. The molecule has 0 amide bonds. The minimum absolute atomic E-state index is 0.00492. The molecular formula is C27H32N4S. The number of nitrogens with one attached hydrogen (secondary N) is 1. The lowest BCUT2D eigenvalue weighted by Gasteiger charge is -2.30. The number of hydrogen-bond acceptors (Lipinski definition) is 2. The third kappa shape index (κ3) is 3.73. The van der Waals surface area contributed by atoms with Crippen LogP contribution in [-0.4, -0.2) is 14.7 Å². The third-order valence-electron chi connectivity index (χ3n) is 7.19. The number of anilines is 1. The van der Waals surface area contributed by atoms with Gasteiger partial charge in [0.2, 0.25) is 0 Å².